The van der Waals surface area contributed by atoms with Crippen LogP contribution in [0.5, 0.6) is 11.5 Å². The molecule has 2 saturated carbocycles. The van der Waals surface area contributed by atoms with Crippen LogP contribution in [0.25, 0.3) is 11.3 Å². The number of hydrogen-bond donors (Lipinski definition) is 0. The Labute approximate surface area is 220 Å². The molecule has 0 saturated heterocycles. The molecule has 35 heavy (non-hydrogen) atoms. The molecule has 1 heterocycles. The van der Waals surface area contributed by atoms with Gasteiger partial charge in [0.2, 0.25) is 0 Å². The van der Waals surface area contributed by atoms with Crippen molar-refractivity contribution in [2.24, 2.45) is 0 Å². The Kier molecular flexibility index (Phi) is 8.97. The number of aromatic nitrogens is 2. The van der Waals surface area contributed by atoms with Gasteiger partial charge in [-0.25, -0.2) is 0 Å². The summed E-state index contributed by atoms with van der Waals surface area (Å²) >= 11 is 0. The van der Waals surface area contributed by atoms with Crippen molar-refractivity contribution in [3.63, 3.8) is 0 Å². The maximum atomic E-state index is 5.48. The van der Waals surface area contributed by atoms with Crippen molar-refractivity contribution in [2.75, 3.05) is 14.2 Å². The van der Waals surface area contributed by atoms with Crippen LogP contribution in [0.3, 0.4) is 0 Å². The average molecular weight is 504 g/mol. The van der Waals surface area contributed by atoms with E-state index < -0.39 is 0 Å². The van der Waals surface area contributed by atoms with Crippen LogP contribution in [-0.4, -0.2) is 24.0 Å². The summed E-state index contributed by atoms with van der Waals surface area (Å²) in [5.41, 5.74) is 7.34. The number of benzene rings is 2. The molecule has 0 amide bonds. The molecule has 0 unspecified atom stereocenters. The largest absolute Gasteiger partial charge is 2.00 e. The molecule has 4 nitrogen and oxygen atoms in total. The van der Waals surface area contributed by atoms with Crippen LogP contribution in [0, 0.1) is 63.7 Å². The molecule has 0 N–H and O–H groups in total. The third-order valence-electron chi connectivity index (χ3n) is 6.25. The van der Waals surface area contributed by atoms with Gasteiger partial charge >= 0.3 is 17.1 Å². The predicted molar refractivity (Wildman–Crippen MR) is 135 cm³/mol. The molecular weight excluding hydrogens is 476 g/mol. The van der Waals surface area contributed by atoms with Gasteiger partial charge in [0, 0.05) is 17.0 Å². The van der Waals surface area contributed by atoms with Crippen molar-refractivity contribution < 1.29 is 26.5 Å². The summed E-state index contributed by atoms with van der Waals surface area (Å²) in [6.07, 6.45) is 20.5. The second-order valence-electron chi connectivity index (χ2n) is 8.34. The molecule has 0 bridgehead atoms. The Morgan fingerprint density at radius 1 is 0.771 bits per heavy atom. The Balaban J connectivity index is 0.000000431. The van der Waals surface area contributed by atoms with Gasteiger partial charge < -0.3 is 9.47 Å². The molecule has 10 radical (unpaired) electrons. The smallest absolute Gasteiger partial charge is 0.497 e. The summed E-state index contributed by atoms with van der Waals surface area (Å²) in [5.74, 6) is 2.96. The van der Waals surface area contributed by atoms with Gasteiger partial charge in [0.15, 0.2) is 0 Å². The van der Waals surface area contributed by atoms with Crippen molar-refractivity contribution in [1.29, 1.82) is 0 Å². The van der Waals surface area contributed by atoms with E-state index in [9.17, 15) is 0 Å². The molecule has 0 atom stereocenters. The van der Waals surface area contributed by atoms with Crippen LogP contribution in [0.15, 0.2) is 42.5 Å². The molecule has 3 aliphatic carbocycles. The number of methoxy groups -OCH3 is 2. The molecule has 0 aliphatic heterocycles. The molecule has 6 rings (SSSR count). The van der Waals surface area contributed by atoms with Crippen molar-refractivity contribution >= 4 is 0 Å². The first-order valence-corrected chi connectivity index (χ1v) is 11.6. The third kappa shape index (κ3) is 5.78. The van der Waals surface area contributed by atoms with Crippen LogP contribution in [0.1, 0.15) is 22.4 Å². The minimum atomic E-state index is 0. The summed E-state index contributed by atoms with van der Waals surface area (Å²) in [4.78, 5) is 0. The maximum absolute atomic E-state index is 5.48. The molecule has 0 spiro atoms. The summed E-state index contributed by atoms with van der Waals surface area (Å²) < 4.78 is 12.9. The van der Waals surface area contributed by atoms with Crippen LogP contribution in [0.2, 0.25) is 0 Å². The predicted octanol–water partition coefficient (Wildman–Crippen LogP) is 5.49. The van der Waals surface area contributed by atoms with Gasteiger partial charge in [0.05, 0.1) is 32.2 Å². The van der Waals surface area contributed by atoms with Gasteiger partial charge in [0.1, 0.15) is 11.5 Å². The quantitative estimate of drug-likeness (QED) is 0.432. The second-order valence-corrected chi connectivity index (χ2v) is 8.34. The average Bonchev–Trinajstić information content (AvgIpc) is 3.67. The number of rotatable bonds is 5. The standard InChI is InChI=1S/C25H23N2O2.C5H5.Fe/c1-28-20-11-7-17(8-12-20)16-27-25(19-5-3-4-6-19)22-14-10-18-9-13-21(29-2)15-23(18)24(22)26-27;1-2-4-5-3-1;/h3-9,11-13,15H,10,14,16H2,1-2H3;1-5H;/q;;+2. The van der Waals surface area contributed by atoms with Crippen molar-refractivity contribution in [1.82, 2.24) is 9.78 Å². The molecule has 3 aliphatic rings. The number of fused-ring (bicyclic) bond motifs is 3. The number of ether oxygens (including phenoxy) is 2. The second kappa shape index (κ2) is 12.1. The van der Waals surface area contributed by atoms with Crippen molar-refractivity contribution in [3.8, 4) is 22.8 Å². The monoisotopic (exact) mass is 504 g/mol. The van der Waals surface area contributed by atoms with Crippen LogP contribution in [-0.2, 0) is 36.5 Å². The van der Waals surface area contributed by atoms with Crippen molar-refractivity contribution in [3.05, 3.63) is 129 Å². The molecule has 1 aromatic heterocycles. The Hall–Kier alpha value is -2.23. The van der Waals surface area contributed by atoms with Crippen LogP contribution >= 0.6 is 0 Å². The zero-order valence-corrected chi connectivity index (χ0v) is 21.0. The fourth-order valence-electron chi connectivity index (χ4n) is 4.53. The summed E-state index contributed by atoms with van der Waals surface area (Å²) in [6.45, 7) is 0.719. The first kappa shape index (κ1) is 25.9. The SMILES string of the molecule is COc1ccc(Cn2nc3c(c2[C]2[CH][CH][CH][CH]2)CCc2ccc(OC)cc2-3)cc1.[CH]1[CH][CH][CH][CH]1.[Fe+2]. The Morgan fingerprint density at radius 2 is 1.40 bits per heavy atom. The van der Waals surface area contributed by atoms with Gasteiger partial charge in [-0.2, -0.15) is 5.10 Å². The van der Waals surface area contributed by atoms with E-state index in [1.54, 1.807) is 14.2 Å². The van der Waals surface area contributed by atoms with Gasteiger partial charge in [-0.3, -0.25) is 4.68 Å². The molecule has 3 aromatic rings. The van der Waals surface area contributed by atoms with E-state index in [4.69, 9.17) is 14.6 Å². The molecule has 176 valence electrons. The first-order valence-electron chi connectivity index (χ1n) is 11.6. The van der Waals surface area contributed by atoms with E-state index in [2.05, 4.69) is 54.6 Å². The van der Waals surface area contributed by atoms with E-state index in [1.165, 1.54) is 33.9 Å². The zero-order valence-electron chi connectivity index (χ0n) is 19.9. The Bertz CT molecular complexity index is 1090. The van der Waals surface area contributed by atoms with Crippen molar-refractivity contribution in [2.45, 2.75) is 19.4 Å². The minimum absolute atomic E-state index is 0. The molecular formula is C30H28FeN2O2+2. The van der Waals surface area contributed by atoms with Gasteiger partial charge in [-0.05, 0) is 106 Å². The topological polar surface area (TPSA) is 36.3 Å². The van der Waals surface area contributed by atoms with E-state index >= 15 is 0 Å². The van der Waals surface area contributed by atoms with E-state index in [1.807, 2.05) is 50.3 Å². The van der Waals surface area contributed by atoms with Crippen LogP contribution in [0.4, 0.5) is 0 Å². The number of nitrogens with zero attached hydrogens (tertiary/aromatic N) is 2. The van der Waals surface area contributed by atoms with E-state index in [0.29, 0.717) is 0 Å². The number of hydrogen-bond acceptors (Lipinski definition) is 3. The zero-order chi connectivity index (χ0) is 23.3. The van der Waals surface area contributed by atoms with E-state index in [-0.39, 0.29) is 17.1 Å². The van der Waals surface area contributed by atoms with Gasteiger partial charge in [0.25, 0.3) is 0 Å². The molecule has 2 aromatic carbocycles. The first-order chi connectivity index (χ1) is 16.8. The van der Waals surface area contributed by atoms with E-state index in [0.717, 1.165) is 36.6 Å². The van der Waals surface area contributed by atoms with Gasteiger partial charge in [-0.15, -0.1) is 0 Å². The number of aryl methyl sites for hydroxylation is 1. The summed E-state index contributed by atoms with van der Waals surface area (Å²) in [7, 11) is 3.40. The normalized spacial score (nSPS) is 16.5. The fraction of sp³-hybridized carbons (Fsp3) is 0.167. The summed E-state index contributed by atoms with van der Waals surface area (Å²) in [5, 5.41) is 5.09. The third-order valence-corrected chi connectivity index (χ3v) is 6.25. The Morgan fingerprint density at radius 3 is 2.03 bits per heavy atom. The fourth-order valence-corrected chi connectivity index (χ4v) is 4.53. The molecule has 2 fully saturated rings. The molecule has 5 heteroatoms. The maximum Gasteiger partial charge on any atom is 2.00 e. The van der Waals surface area contributed by atoms with Gasteiger partial charge in [-0.1, -0.05) is 18.2 Å². The van der Waals surface area contributed by atoms with Crippen LogP contribution < -0.4 is 9.47 Å². The minimum Gasteiger partial charge on any atom is -0.497 e. The summed E-state index contributed by atoms with van der Waals surface area (Å²) in [6, 6.07) is 14.5.